The van der Waals surface area contributed by atoms with Gasteiger partial charge in [-0.15, -0.1) is 0 Å². The second-order valence-corrected chi connectivity index (χ2v) is 3.36. The number of pyridine rings is 1. The average Bonchev–Trinajstić information content (AvgIpc) is 2.16. The van der Waals surface area contributed by atoms with Gasteiger partial charge >= 0.3 is 0 Å². The molecule has 0 N–H and O–H groups in total. The predicted octanol–water partition coefficient (Wildman–Crippen LogP) is 2.91. The van der Waals surface area contributed by atoms with Crippen LogP contribution in [-0.2, 0) is 0 Å². The topological polar surface area (TPSA) is 22.1 Å². The Bertz CT molecular complexity index is 283. The normalized spacial score (nSPS) is 12.6. The molecule has 2 heteroatoms. The third-order valence-corrected chi connectivity index (χ3v) is 2.37. The van der Waals surface area contributed by atoms with Crippen molar-refractivity contribution in [3.8, 4) is 5.88 Å². The predicted molar refractivity (Wildman–Crippen MR) is 54.2 cm³/mol. The second-order valence-electron chi connectivity index (χ2n) is 3.36. The van der Waals surface area contributed by atoms with Gasteiger partial charge < -0.3 is 4.74 Å². The lowest BCUT2D eigenvalue weighted by molar-refractivity contribution is 0.388. The van der Waals surface area contributed by atoms with Gasteiger partial charge in [0.25, 0.3) is 0 Å². The molecule has 0 aliphatic carbocycles. The second kappa shape index (κ2) is 4.26. The van der Waals surface area contributed by atoms with E-state index in [4.69, 9.17) is 4.74 Å². The van der Waals surface area contributed by atoms with Gasteiger partial charge in [-0.1, -0.05) is 19.9 Å². The molecule has 0 saturated carbocycles. The highest BCUT2D eigenvalue weighted by molar-refractivity contribution is 5.30. The van der Waals surface area contributed by atoms with Gasteiger partial charge in [-0.05, 0) is 25.3 Å². The number of rotatable bonds is 3. The molecule has 1 aromatic rings. The summed E-state index contributed by atoms with van der Waals surface area (Å²) in [5.74, 6) is 1.29. The number of hydrogen-bond acceptors (Lipinski definition) is 2. The van der Waals surface area contributed by atoms with E-state index in [0.29, 0.717) is 5.92 Å². The Hall–Kier alpha value is -1.05. The zero-order chi connectivity index (χ0) is 9.84. The van der Waals surface area contributed by atoms with E-state index in [0.717, 1.165) is 18.0 Å². The molecule has 1 aromatic heterocycles. The first-order valence-electron chi connectivity index (χ1n) is 4.70. The van der Waals surface area contributed by atoms with Crippen molar-refractivity contribution >= 4 is 0 Å². The van der Waals surface area contributed by atoms with E-state index in [1.165, 1.54) is 5.56 Å². The maximum atomic E-state index is 5.24. The smallest absolute Gasteiger partial charge is 0.216 e. The van der Waals surface area contributed by atoms with Crippen molar-refractivity contribution in [1.29, 1.82) is 0 Å². The molecule has 0 bridgehead atoms. The average molecular weight is 179 g/mol. The zero-order valence-electron chi connectivity index (χ0n) is 8.79. The molecular formula is C11H17NO. The van der Waals surface area contributed by atoms with Crippen LogP contribution in [0.2, 0.25) is 0 Å². The van der Waals surface area contributed by atoms with Crippen LogP contribution in [0.15, 0.2) is 12.1 Å². The molecule has 1 atom stereocenters. The monoisotopic (exact) mass is 179 g/mol. The molecule has 0 fully saturated rings. The van der Waals surface area contributed by atoms with Crippen LogP contribution in [0.4, 0.5) is 0 Å². The van der Waals surface area contributed by atoms with Crippen LogP contribution in [0.25, 0.3) is 0 Å². The fraction of sp³-hybridized carbons (Fsp3) is 0.545. The molecule has 0 amide bonds. The highest BCUT2D eigenvalue weighted by Crippen LogP contribution is 2.26. The number of aromatic nitrogens is 1. The van der Waals surface area contributed by atoms with E-state index in [9.17, 15) is 0 Å². The maximum Gasteiger partial charge on any atom is 0.216 e. The Balaban J connectivity index is 3.05. The molecule has 0 aliphatic rings. The van der Waals surface area contributed by atoms with Crippen LogP contribution in [0.3, 0.4) is 0 Å². The zero-order valence-corrected chi connectivity index (χ0v) is 8.79. The maximum absolute atomic E-state index is 5.24. The number of hydrogen-bond donors (Lipinski definition) is 0. The summed E-state index contributed by atoms with van der Waals surface area (Å²) in [6, 6.07) is 4.14. The molecule has 0 saturated heterocycles. The molecule has 1 heterocycles. The lowest BCUT2D eigenvalue weighted by Gasteiger charge is -2.12. The Morgan fingerprint density at radius 2 is 2.15 bits per heavy atom. The van der Waals surface area contributed by atoms with Gasteiger partial charge in [0.2, 0.25) is 5.88 Å². The minimum absolute atomic E-state index is 0.517. The van der Waals surface area contributed by atoms with Gasteiger partial charge in [-0.2, -0.15) is 0 Å². The number of nitrogens with zero attached hydrogens (tertiary/aromatic N) is 1. The van der Waals surface area contributed by atoms with Crippen LogP contribution in [0.5, 0.6) is 5.88 Å². The van der Waals surface area contributed by atoms with Crippen molar-refractivity contribution in [3.63, 3.8) is 0 Å². The Morgan fingerprint density at radius 3 is 2.69 bits per heavy atom. The highest BCUT2D eigenvalue weighted by atomic mass is 16.5. The Kier molecular flexibility index (Phi) is 3.29. The molecule has 1 unspecified atom stereocenters. The van der Waals surface area contributed by atoms with Crippen LogP contribution in [0, 0.1) is 6.92 Å². The standard InChI is InChI=1S/C11H17NO/c1-5-8(2)10-7-6-9(3)12-11(10)13-4/h6-8H,5H2,1-4H3. The molecule has 1 rings (SSSR count). The summed E-state index contributed by atoms with van der Waals surface area (Å²) in [4.78, 5) is 4.34. The van der Waals surface area contributed by atoms with E-state index < -0.39 is 0 Å². The van der Waals surface area contributed by atoms with Gasteiger partial charge in [0.15, 0.2) is 0 Å². The van der Waals surface area contributed by atoms with E-state index >= 15 is 0 Å². The third-order valence-electron chi connectivity index (χ3n) is 2.37. The number of ether oxygens (including phenoxy) is 1. The minimum Gasteiger partial charge on any atom is -0.481 e. The summed E-state index contributed by atoms with van der Waals surface area (Å²) in [5, 5.41) is 0. The van der Waals surface area contributed by atoms with E-state index in [-0.39, 0.29) is 0 Å². The summed E-state index contributed by atoms with van der Waals surface area (Å²) in [7, 11) is 1.67. The summed E-state index contributed by atoms with van der Waals surface area (Å²) in [6.07, 6.45) is 1.11. The summed E-state index contributed by atoms with van der Waals surface area (Å²) < 4.78 is 5.24. The molecule has 0 spiro atoms. The van der Waals surface area contributed by atoms with Crippen molar-refractivity contribution in [2.45, 2.75) is 33.1 Å². The van der Waals surface area contributed by atoms with E-state index in [2.05, 4.69) is 24.9 Å². The number of methoxy groups -OCH3 is 1. The van der Waals surface area contributed by atoms with Crippen LogP contribution in [-0.4, -0.2) is 12.1 Å². The van der Waals surface area contributed by atoms with Gasteiger partial charge in [0.05, 0.1) is 7.11 Å². The lowest BCUT2D eigenvalue weighted by atomic mass is 10.00. The quantitative estimate of drug-likeness (QED) is 0.711. The van der Waals surface area contributed by atoms with Crippen molar-refractivity contribution in [1.82, 2.24) is 4.98 Å². The van der Waals surface area contributed by atoms with Crippen LogP contribution >= 0.6 is 0 Å². The van der Waals surface area contributed by atoms with Crippen LogP contribution < -0.4 is 4.74 Å². The largest absolute Gasteiger partial charge is 0.481 e. The minimum atomic E-state index is 0.517. The van der Waals surface area contributed by atoms with Gasteiger partial charge in [0.1, 0.15) is 0 Å². The fourth-order valence-corrected chi connectivity index (χ4v) is 1.30. The lowest BCUT2D eigenvalue weighted by Crippen LogP contribution is -1.99. The molecule has 0 radical (unpaired) electrons. The highest BCUT2D eigenvalue weighted by Gasteiger charge is 2.10. The SMILES string of the molecule is CCC(C)c1ccc(C)nc1OC. The van der Waals surface area contributed by atoms with Crippen LogP contribution in [0.1, 0.15) is 37.4 Å². The molecule has 0 aromatic carbocycles. The Labute approximate surface area is 80.0 Å². The molecule has 13 heavy (non-hydrogen) atoms. The first-order chi connectivity index (χ1) is 6.19. The van der Waals surface area contributed by atoms with Gasteiger partial charge in [-0.3, -0.25) is 0 Å². The van der Waals surface area contributed by atoms with E-state index in [1.54, 1.807) is 7.11 Å². The van der Waals surface area contributed by atoms with Crippen molar-refractivity contribution in [3.05, 3.63) is 23.4 Å². The molecule has 72 valence electrons. The molecule has 0 aliphatic heterocycles. The van der Waals surface area contributed by atoms with E-state index in [1.807, 2.05) is 13.0 Å². The number of aryl methyl sites for hydroxylation is 1. The fourth-order valence-electron chi connectivity index (χ4n) is 1.30. The summed E-state index contributed by atoms with van der Waals surface area (Å²) in [5.41, 5.74) is 2.21. The first-order valence-corrected chi connectivity index (χ1v) is 4.70. The van der Waals surface area contributed by atoms with Crippen molar-refractivity contribution < 1.29 is 4.74 Å². The molecular weight excluding hydrogens is 162 g/mol. The Morgan fingerprint density at radius 1 is 1.46 bits per heavy atom. The van der Waals surface area contributed by atoms with Crippen molar-refractivity contribution in [2.75, 3.05) is 7.11 Å². The third kappa shape index (κ3) is 2.20. The van der Waals surface area contributed by atoms with Gasteiger partial charge in [0, 0.05) is 11.3 Å². The summed E-state index contributed by atoms with van der Waals surface area (Å²) in [6.45, 7) is 6.34. The van der Waals surface area contributed by atoms with Gasteiger partial charge in [-0.25, -0.2) is 4.98 Å². The first kappa shape index (κ1) is 10.0. The van der Waals surface area contributed by atoms with Crippen molar-refractivity contribution in [2.24, 2.45) is 0 Å². The summed E-state index contributed by atoms with van der Waals surface area (Å²) >= 11 is 0. The molecule has 2 nitrogen and oxygen atoms in total.